The lowest BCUT2D eigenvalue weighted by atomic mass is 9.83. The van der Waals surface area contributed by atoms with Crippen LogP contribution in [0.15, 0.2) is 42.5 Å². The molecule has 2 amide bonds. The van der Waals surface area contributed by atoms with Crippen molar-refractivity contribution in [2.24, 2.45) is 11.8 Å². The molecule has 0 aromatic heterocycles. The molecule has 2 fully saturated rings. The van der Waals surface area contributed by atoms with Crippen LogP contribution in [0.1, 0.15) is 65.2 Å². The van der Waals surface area contributed by atoms with E-state index in [4.69, 9.17) is 0 Å². The fraction of sp³-hybridized carbons (Fsp3) is 0.440. The maximum atomic E-state index is 13.7. The van der Waals surface area contributed by atoms with Crippen molar-refractivity contribution in [2.75, 3.05) is 6.54 Å². The average molecular weight is 458 g/mol. The fourth-order valence-corrected chi connectivity index (χ4v) is 5.77. The number of nitrogens with zero attached hydrogens (tertiary/aromatic N) is 1. The number of nitrogens with one attached hydrogen (secondary N) is 1. The minimum Gasteiger partial charge on any atom is -0.380 e. The van der Waals surface area contributed by atoms with Crippen LogP contribution in [-0.4, -0.2) is 34.0 Å². The Labute approximate surface area is 189 Å². The van der Waals surface area contributed by atoms with E-state index in [1.807, 2.05) is 24.3 Å². The summed E-state index contributed by atoms with van der Waals surface area (Å²) in [7, 11) is 0. The second-order valence-corrected chi connectivity index (χ2v) is 9.45. The molecule has 33 heavy (non-hydrogen) atoms. The second kappa shape index (κ2) is 8.17. The number of hydrogen-bond donors (Lipinski definition) is 2. The Bertz CT molecular complexity index is 1110. The first-order valence-corrected chi connectivity index (χ1v) is 11.2. The number of alkyl halides is 2. The highest BCUT2D eigenvalue weighted by atomic mass is 19.3. The van der Waals surface area contributed by atoms with Gasteiger partial charge in [-0.05, 0) is 66.8 Å². The Morgan fingerprint density at radius 3 is 2.64 bits per heavy atom. The zero-order valence-corrected chi connectivity index (χ0v) is 17.9. The van der Waals surface area contributed by atoms with Gasteiger partial charge < -0.3 is 15.3 Å². The number of aliphatic hydroxyl groups is 1. The van der Waals surface area contributed by atoms with Crippen LogP contribution in [-0.2, 0) is 11.3 Å². The third kappa shape index (κ3) is 3.80. The maximum absolute atomic E-state index is 13.7. The average Bonchev–Trinajstić information content (AvgIpc) is 3.40. The lowest BCUT2D eigenvalue weighted by Crippen LogP contribution is -2.53. The van der Waals surface area contributed by atoms with E-state index in [0.29, 0.717) is 12.3 Å². The standard InChI is InChI=1S/C25H25F3N2O3/c26-20-8-6-15(10-19(20)22(27)28)23(31)30-12-16-3-1-2-4-18(16)21(13-30)29-24(32)25(33)11-14-5-7-17(25)9-14/h1-4,6,8,10,14,17,21-22,33H,5,7,9,11-13H2,(H,29,32). The number of carbonyl (C=O) groups is 2. The lowest BCUT2D eigenvalue weighted by molar-refractivity contribution is -0.146. The molecule has 2 saturated carbocycles. The van der Waals surface area contributed by atoms with Gasteiger partial charge in [-0.15, -0.1) is 0 Å². The SMILES string of the molecule is O=C(c1ccc(F)c(C(F)F)c1)N1Cc2ccccc2C(NC(=O)C2(O)CC3CCC2C3)C1. The Kier molecular flexibility index (Phi) is 5.43. The van der Waals surface area contributed by atoms with Crippen LogP contribution >= 0.6 is 0 Å². The summed E-state index contributed by atoms with van der Waals surface area (Å²) in [5.74, 6) is -1.69. The first-order chi connectivity index (χ1) is 15.8. The molecule has 0 radical (unpaired) electrons. The van der Waals surface area contributed by atoms with Crippen LogP contribution in [0, 0.1) is 17.7 Å². The Morgan fingerprint density at radius 1 is 1.15 bits per heavy atom. The molecule has 1 heterocycles. The summed E-state index contributed by atoms with van der Waals surface area (Å²) in [5, 5.41) is 14.0. The number of hydrogen-bond acceptors (Lipinski definition) is 3. The third-order valence-corrected chi connectivity index (χ3v) is 7.47. The van der Waals surface area contributed by atoms with Gasteiger partial charge in [0.05, 0.1) is 11.6 Å². The van der Waals surface area contributed by atoms with Gasteiger partial charge in [0, 0.05) is 18.7 Å². The quantitative estimate of drug-likeness (QED) is 0.724. The van der Waals surface area contributed by atoms with E-state index >= 15 is 0 Å². The molecule has 3 aliphatic rings. The van der Waals surface area contributed by atoms with Gasteiger partial charge in [0.25, 0.3) is 18.2 Å². The molecule has 1 aliphatic heterocycles. The van der Waals surface area contributed by atoms with Crippen molar-refractivity contribution >= 4 is 11.8 Å². The summed E-state index contributed by atoms with van der Waals surface area (Å²) in [6.45, 7) is 0.352. The molecule has 8 heteroatoms. The van der Waals surface area contributed by atoms with Gasteiger partial charge in [-0.25, -0.2) is 13.2 Å². The van der Waals surface area contributed by atoms with Crippen molar-refractivity contribution in [3.63, 3.8) is 0 Å². The molecular formula is C25H25F3N2O3. The minimum atomic E-state index is -3.03. The van der Waals surface area contributed by atoms with Crippen molar-refractivity contribution in [3.05, 3.63) is 70.5 Å². The summed E-state index contributed by atoms with van der Waals surface area (Å²) in [6, 6.07) is 9.78. The maximum Gasteiger partial charge on any atom is 0.266 e. The molecule has 0 spiro atoms. The highest BCUT2D eigenvalue weighted by Gasteiger charge is 2.55. The van der Waals surface area contributed by atoms with E-state index in [9.17, 15) is 27.9 Å². The smallest absolute Gasteiger partial charge is 0.266 e. The molecular weight excluding hydrogens is 433 g/mol. The van der Waals surface area contributed by atoms with Crippen LogP contribution in [0.25, 0.3) is 0 Å². The van der Waals surface area contributed by atoms with Crippen LogP contribution in [0.3, 0.4) is 0 Å². The molecule has 174 valence electrons. The van der Waals surface area contributed by atoms with Crippen molar-refractivity contribution in [1.29, 1.82) is 0 Å². The van der Waals surface area contributed by atoms with E-state index in [2.05, 4.69) is 5.32 Å². The van der Waals surface area contributed by atoms with E-state index < -0.39 is 41.3 Å². The molecule has 4 unspecified atom stereocenters. The Hall–Kier alpha value is -2.87. The topological polar surface area (TPSA) is 69.6 Å². The predicted molar refractivity (Wildman–Crippen MR) is 114 cm³/mol. The molecule has 5 nitrogen and oxygen atoms in total. The fourth-order valence-electron chi connectivity index (χ4n) is 5.77. The molecule has 0 saturated heterocycles. The van der Waals surface area contributed by atoms with Crippen LogP contribution in [0.5, 0.6) is 0 Å². The Morgan fingerprint density at radius 2 is 1.94 bits per heavy atom. The summed E-state index contributed by atoms with van der Waals surface area (Å²) in [4.78, 5) is 27.8. The van der Waals surface area contributed by atoms with Crippen LogP contribution in [0.2, 0.25) is 0 Å². The van der Waals surface area contributed by atoms with Gasteiger partial charge >= 0.3 is 0 Å². The van der Waals surface area contributed by atoms with Gasteiger partial charge in [-0.3, -0.25) is 9.59 Å². The van der Waals surface area contributed by atoms with Gasteiger partial charge in [-0.2, -0.15) is 0 Å². The van der Waals surface area contributed by atoms with Crippen molar-refractivity contribution < 1.29 is 27.9 Å². The zero-order chi connectivity index (χ0) is 23.3. The molecule has 2 bridgehead atoms. The van der Waals surface area contributed by atoms with Crippen LogP contribution in [0.4, 0.5) is 13.2 Å². The van der Waals surface area contributed by atoms with E-state index in [-0.39, 0.29) is 24.6 Å². The number of amides is 2. The van der Waals surface area contributed by atoms with Gasteiger partial charge in [0.15, 0.2) is 0 Å². The number of carbonyl (C=O) groups excluding carboxylic acids is 2. The summed E-state index contributed by atoms with van der Waals surface area (Å²) >= 11 is 0. The number of halogens is 3. The van der Waals surface area contributed by atoms with Gasteiger partial charge in [-0.1, -0.05) is 24.3 Å². The van der Waals surface area contributed by atoms with Crippen molar-refractivity contribution in [2.45, 2.75) is 50.3 Å². The molecule has 2 aromatic rings. The van der Waals surface area contributed by atoms with Crippen molar-refractivity contribution in [1.82, 2.24) is 10.2 Å². The highest BCUT2D eigenvalue weighted by Crippen LogP contribution is 2.51. The minimum absolute atomic E-state index is 0.0390. The zero-order valence-electron chi connectivity index (χ0n) is 17.9. The van der Waals surface area contributed by atoms with Crippen LogP contribution < -0.4 is 5.32 Å². The number of rotatable bonds is 4. The first-order valence-electron chi connectivity index (χ1n) is 11.2. The molecule has 2 N–H and O–H groups in total. The summed E-state index contributed by atoms with van der Waals surface area (Å²) in [5.41, 5.74) is -0.579. The monoisotopic (exact) mass is 458 g/mol. The number of benzene rings is 2. The van der Waals surface area contributed by atoms with Gasteiger partial charge in [0.1, 0.15) is 11.4 Å². The van der Waals surface area contributed by atoms with E-state index in [0.717, 1.165) is 42.5 Å². The highest BCUT2D eigenvalue weighted by molar-refractivity contribution is 5.94. The molecule has 2 aliphatic carbocycles. The normalized spacial score (nSPS) is 28.2. The summed E-state index contributed by atoms with van der Waals surface area (Å²) < 4.78 is 40.0. The molecule has 5 rings (SSSR count). The van der Waals surface area contributed by atoms with E-state index in [1.165, 1.54) is 11.0 Å². The van der Waals surface area contributed by atoms with Gasteiger partial charge in [0.2, 0.25) is 0 Å². The Balaban J connectivity index is 1.40. The van der Waals surface area contributed by atoms with Crippen molar-refractivity contribution in [3.8, 4) is 0 Å². The van der Waals surface area contributed by atoms with E-state index in [1.54, 1.807) is 0 Å². The third-order valence-electron chi connectivity index (χ3n) is 7.47. The second-order valence-electron chi connectivity index (χ2n) is 9.45. The number of fused-ring (bicyclic) bond motifs is 3. The first kappa shape index (κ1) is 21.9. The molecule has 2 aromatic carbocycles. The molecule has 4 atom stereocenters. The lowest BCUT2D eigenvalue weighted by Gasteiger charge is -2.38. The predicted octanol–water partition coefficient (Wildman–Crippen LogP) is 4.13. The summed E-state index contributed by atoms with van der Waals surface area (Å²) in [6.07, 6.45) is 0.138. The largest absolute Gasteiger partial charge is 0.380 e.